The molecule has 0 radical (unpaired) electrons. The summed E-state index contributed by atoms with van der Waals surface area (Å²) in [4.78, 5) is 11.8. The normalized spacial score (nSPS) is 14.7. The summed E-state index contributed by atoms with van der Waals surface area (Å²) >= 11 is 1.95. The number of carbonyl (C=O) groups excluding carboxylic acids is 1. The fraction of sp³-hybridized carbons (Fsp3) is 0.923. The highest BCUT2D eigenvalue weighted by molar-refractivity contribution is 7.99. The highest BCUT2D eigenvalue weighted by Crippen LogP contribution is 2.10. The summed E-state index contributed by atoms with van der Waals surface area (Å²) < 4.78 is 0. The second-order valence-electron chi connectivity index (χ2n) is 5.25. The van der Waals surface area contributed by atoms with E-state index in [-0.39, 0.29) is 5.91 Å². The summed E-state index contributed by atoms with van der Waals surface area (Å²) in [5.74, 6) is 3.02. The Balaban J connectivity index is 3.58. The molecular formula is C13H28N2OS. The predicted octanol–water partition coefficient (Wildman–Crippen LogP) is 2.40. The van der Waals surface area contributed by atoms with Crippen LogP contribution in [0.1, 0.15) is 47.0 Å². The van der Waals surface area contributed by atoms with Crippen molar-refractivity contribution in [2.75, 3.05) is 18.1 Å². The van der Waals surface area contributed by atoms with E-state index in [2.05, 4.69) is 19.2 Å². The van der Waals surface area contributed by atoms with E-state index in [4.69, 9.17) is 5.73 Å². The van der Waals surface area contributed by atoms with E-state index in [0.29, 0.717) is 0 Å². The molecule has 0 heterocycles. The van der Waals surface area contributed by atoms with Gasteiger partial charge < -0.3 is 11.1 Å². The van der Waals surface area contributed by atoms with E-state index in [1.807, 2.05) is 18.7 Å². The first-order valence-corrected chi connectivity index (χ1v) is 7.70. The van der Waals surface area contributed by atoms with Gasteiger partial charge in [0.05, 0.1) is 5.54 Å². The van der Waals surface area contributed by atoms with Crippen molar-refractivity contribution in [2.24, 2.45) is 11.7 Å². The molecule has 0 aromatic rings. The first-order chi connectivity index (χ1) is 7.90. The lowest BCUT2D eigenvalue weighted by Crippen LogP contribution is -2.51. The van der Waals surface area contributed by atoms with Gasteiger partial charge in [0.15, 0.2) is 0 Å². The van der Waals surface area contributed by atoms with E-state index in [0.717, 1.165) is 37.5 Å². The maximum Gasteiger partial charge on any atom is 0.239 e. The van der Waals surface area contributed by atoms with Crippen molar-refractivity contribution in [2.45, 2.75) is 52.5 Å². The van der Waals surface area contributed by atoms with Gasteiger partial charge in [-0.15, -0.1) is 0 Å². The third-order valence-corrected chi connectivity index (χ3v) is 3.97. The molecule has 0 aromatic carbocycles. The number of hydrogen-bond donors (Lipinski definition) is 2. The highest BCUT2D eigenvalue weighted by atomic mass is 32.2. The van der Waals surface area contributed by atoms with Crippen LogP contribution in [-0.4, -0.2) is 29.5 Å². The number of carbonyl (C=O) groups is 1. The Bertz CT molecular complexity index is 217. The van der Waals surface area contributed by atoms with Crippen LogP contribution in [0.15, 0.2) is 0 Å². The third kappa shape index (κ3) is 8.50. The van der Waals surface area contributed by atoms with Crippen molar-refractivity contribution in [3.05, 3.63) is 0 Å². The van der Waals surface area contributed by atoms with Crippen molar-refractivity contribution < 1.29 is 4.79 Å². The molecule has 102 valence electrons. The minimum absolute atomic E-state index is 0.0202. The minimum Gasteiger partial charge on any atom is -0.354 e. The molecule has 1 atom stereocenters. The van der Waals surface area contributed by atoms with Gasteiger partial charge in [-0.05, 0) is 37.2 Å². The summed E-state index contributed by atoms with van der Waals surface area (Å²) in [5.41, 5.74) is 5.23. The lowest BCUT2D eigenvalue weighted by molar-refractivity contribution is -0.126. The lowest BCUT2D eigenvalue weighted by atomic mass is 9.96. The average Bonchev–Trinajstić information content (AvgIpc) is 2.22. The van der Waals surface area contributed by atoms with Gasteiger partial charge in [0, 0.05) is 6.54 Å². The van der Waals surface area contributed by atoms with E-state index in [1.54, 1.807) is 6.92 Å². The first kappa shape index (κ1) is 16.8. The Hall–Kier alpha value is -0.220. The Morgan fingerprint density at radius 1 is 1.47 bits per heavy atom. The summed E-state index contributed by atoms with van der Waals surface area (Å²) in [7, 11) is 0. The number of amides is 1. The lowest BCUT2D eigenvalue weighted by Gasteiger charge is -2.22. The molecular weight excluding hydrogens is 232 g/mol. The summed E-state index contributed by atoms with van der Waals surface area (Å²) in [6, 6.07) is 0. The molecule has 3 nitrogen and oxygen atoms in total. The molecule has 0 rings (SSSR count). The SMILES string of the molecule is CCCC(C)(N)C(=O)NCCCSCC(C)C. The topological polar surface area (TPSA) is 55.1 Å². The van der Waals surface area contributed by atoms with Crippen LogP contribution in [-0.2, 0) is 4.79 Å². The zero-order valence-electron chi connectivity index (χ0n) is 11.7. The van der Waals surface area contributed by atoms with Crippen LogP contribution in [0.4, 0.5) is 0 Å². The molecule has 4 heteroatoms. The third-order valence-electron chi connectivity index (χ3n) is 2.49. The molecule has 0 aliphatic carbocycles. The number of nitrogens with one attached hydrogen (secondary N) is 1. The van der Waals surface area contributed by atoms with E-state index < -0.39 is 5.54 Å². The average molecular weight is 260 g/mol. The van der Waals surface area contributed by atoms with E-state index in [9.17, 15) is 4.79 Å². The molecule has 0 bridgehead atoms. The van der Waals surface area contributed by atoms with Gasteiger partial charge in [0.25, 0.3) is 0 Å². The summed E-state index contributed by atoms with van der Waals surface area (Å²) in [6.07, 6.45) is 2.69. The molecule has 0 aromatic heterocycles. The van der Waals surface area contributed by atoms with Gasteiger partial charge in [-0.25, -0.2) is 0 Å². The van der Waals surface area contributed by atoms with Crippen molar-refractivity contribution in [3.63, 3.8) is 0 Å². The van der Waals surface area contributed by atoms with Crippen molar-refractivity contribution in [1.29, 1.82) is 0 Å². The number of thioether (sulfide) groups is 1. The summed E-state index contributed by atoms with van der Waals surface area (Å²) in [6.45, 7) is 9.03. The first-order valence-electron chi connectivity index (χ1n) is 6.55. The maximum absolute atomic E-state index is 11.8. The van der Waals surface area contributed by atoms with Crippen LogP contribution in [0.3, 0.4) is 0 Å². The molecule has 0 fully saturated rings. The fourth-order valence-electron chi connectivity index (χ4n) is 1.53. The molecule has 0 aliphatic rings. The summed E-state index contributed by atoms with van der Waals surface area (Å²) in [5, 5.41) is 2.92. The number of rotatable bonds is 9. The number of nitrogens with two attached hydrogens (primary N) is 1. The zero-order chi connectivity index (χ0) is 13.3. The van der Waals surface area contributed by atoms with E-state index >= 15 is 0 Å². The standard InChI is InChI=1S/C13H28N2OS/c1-5-7-13(4,14)12(16)15-8-6-9-17-10-11(2)3/h11H,5-10,14H2,1-4H3,(H,15,16). The van der Waals surface area contributed by atoms with Crippen molar-refractivity contribution >= 4 is 17.7 Å². The van der Waals surface area contributed by atoms with E-state index in [1.165, 1.54) is 5.75 Å². The van der Waals surface area contributed by atoms with Gasteiger partial charge in [-0.1, -0.05) is 27.2 Å². The Labute approximate surface area is 110 Å². The second-order valence-corrected chi connectivity index (χ2v) is 6.40. The van der Waals surface area contributed by atoms with Crippen LogP contribution in [0, 0.1) is 5.92 Å². The predicted molar refractivity (Wildman–Crippen MR) is 77.3 cm³/mol. The van der Waals surface area contributed by atoms with Gasteiger partial charge >= 0.3 is 0 Å². The molecule has 0 saturated heterocycles. The quantitative estimate of drug-likeness (QED) is 0.626. The van der Waals surface area contributed by atoms with Crippen LogP contribution >= 0.6 is 11.8 Å². The van der Waals surface area contributed by atoms with Crippen LogP contribution < -0.4 is 11.1 Å². The Morgan fingerprint density at radius 2 is 2.12 bits per heavy atom. The molecule has 3 N–H and O–H groups in total. The van der Waals surface area contributed by atoms with Gasteiger partial charge in [0.2, 0.25) is 5.91 Å². The number of hydrogen-bond acceptors (Lipinski definition) is 3. The highest BCUT2D eigenvalue weighted by Gasteiger charge is 2.26. The fourth-order valence-corrected chi connectivity index (χ4v) is 2.52. The molecule has 17 heavy (non-hydrogen) atoms. The van der Waals surface area contributed by atoms with Crippen molar-refractivity contribution in [1.82, 2.24) is 5.32 Å². The molecule has 1 unspecified atom stereocenters. The minimum atomic E-state index is -0.709. The molecule has 0 saturated carbocycles. The zero-order valence-corrected chi connectivity index (χ0v) is 12.5. The molecule has 1 amide bonds. The largest absolute Gasteiger partial charge is 0.354 e. The Kier molecular flexibility index (Phi) is 8.70. The maximum atomic E-state index is 11.8. The van der Waals surface area contributed by atoms with Crippen LogP contribution in [0.25, 0.3) is 0 Å². The van der Waals surface area contributed by atoms with Crippen LogP contribution in [0.2, 0.25) is 0 Å². The van der Waals surface area contributed by atoms with Crippen LogP contribution in [0.5, 0.6) is 0 Å². The second kappa shape index (κ2) is 8.81. The Morgan fingerprint density at radius 3 is 2.65 bits per heavy atom. The molecule has 0 spiro atoms. The monoisotopic (exact) mass is 260 g/mol. The van der Waals surface area contributed by atoms with Gasteiger partial charge in [-0.3, -0.25) is 4.79 Å². The van der Waals surface area contributed by atoms with Crippen molar-refractivity contribution in [3.8, 4) is 0 Å². The van der Waals surface area contributed by atoms with Gasteiger partial charge in [-0.2, -0.15) is 11.8 Å². The smallest absolute Gasteiger partial charge is 0.239 e. The molecule has 0 aliphatic heterocycles. The van der Waals surface area contributed by atoms with Gasteiger partial charge in [0.1, 0.15) is 0 Å².